The maximum absolute atomic E-state index is 12.9. The fourth-order valence-corrected chi connectivity index (χ4v) is 3.68. The van der Waals surface area contributed by atoms with Gasteiger partial charge in [0.2, 0.25) is 5.91 Å². The number of aryl methyl sites for hydroxylation is 1. The third-order valence-corrected chi connectivity index (χ3v) is 5.31. The first-order chi connectivity index (χ1) is 13.3. The summed E-state index contributed by atoms with van der Waals surface area (Å²) in [7, 11) is 0. The maximum atomic E-state index is 12.9. The molecule has 0 N–H and O–H groups in total. The molecule has 1 aromatic heterocycles. The van der Waals surface area contributed by atoms with Crippen molar-refractivity contribution in [2.24, 2.45) is 5.92 Å². The van der Waals surface area contributed by atoms with Crippen molar-refractivity contribution >= 4 is 5.91 Å². The van der Waals surface area contributed by atoms with Crippen molar-refractivity contribution in [3.05, 3.63) is 52.3 Å². The van der Waals surface area contributed by atoms with Crippen LogP contribution >= 0.6 is 0 Å². The van der Waals surface area contributed by atoms with Crippen LogP contribution in [0.4, 0.5) is 0 Å². The van der Waals surface area contributed by atoms with Crippen LogP contribution in [0.2, 0.25) is 0 Å². The van der Waals surface area contributed by atoms with Crippen molar-refractivity contribution in [2.75, 3.05) is 6.54 Å². The van der Waals surface area contributed by atoms with E-state index in [1.165, 1.54) is 11.3 Å². The van der Waals surface area contributed by atoms with Crippen LogP contribution in [0.3, 0.4) is 0 Å². The minimum Gasteiger partial charge on any atom is -0.336 e. The first-order valence-electron chi connectivity index (χ1n) is 10.1. The van der Waals surface area contributed by atoms with Gasteiger partial charge in [0.05, 0.1) is 23.4 Å². The predicted octanol–water partition coefficient (Wildman–Crippen LogP) is 4.57. The minimum atomic E-state index is -0.0175. The summed E-state index contributed by atoms with van der Waals surface area (Å²) in [5.74, 6) is 0.686. The Morgan fingerprint density at radius 3 is 2.39 bits per heavy atom. The third-order valence-electron chi connectivity index (χ3n) is 5.31. The van der Waals surface area contributed by atoms with Crippen molar-refractivity contribution in [2.45, 2.75) is 67.0 Å². The molecule has 1 aromatic carbocycles. The van der Waals surface area contributed by atoms with Crippen LogP contribution in [-0.2, 0) is 17.8 Å². The number of hydrogen-bond acceptors (Lipinski definition) is 3. The zero-order chi connectivity index (χ0) is 20.8. The molecule has 1 atom stereocenters. The van der Waals surface area contributed by atoms with Gasteiger partial charge in [0.15, 0.2) is 0 Å². The van der Waals surface area contributed by atoms with Crippen molar-refractivity contribution in [1.82, 2.24) is 14.7 Å². The van der Waals surface area contributed by atoms with E-state index in [1.54, 1.807) is 12.1 Å². The van der Waals surface area contributed by atoms with Gasteiger partial charge in [-0.3, -0.25) is 9.48 Å². The molecule has 5 nitrogen and oxygen atoms in total. The lowest BCUT2D eigenvalue weighted by Gasteiger charge is -2.28. The van der Waals surface area contributed by atoms with E-state index in [1.807, 2.05) is 37.8 Å². The predicted molar refractivity (Wildman–Crippen MR) is 112 cm³/mol. The highest BCUT2D eigenvalue weighted by Crippen LogP contribution is 2.23. The number of rotatable bonds is 8. The fraction of sp³-hybridized carbons (Fsp3) is 0.522. The summed E-state index contributed by atoms with van der Waals surface area (Å²) >= 11 is 0. The molecule has 0 radical (unpaired) electrons. The van der Waals surface area contributed by atoms with Gasteiger partial charge in [-0.1, -0.05) is 26.0 Å². The number of hydrogen-bond donors (Lipinski definition) is 0. The number of carbonyl (C=O) groups excluding carboxylic acids is 1. The van der Waals surface area contributed by atoms with Crippen LogP contribution in [0.1, 0.15) is 68.2 Å². The highest BCUT2D eigenvalue weighted by molar-refractivity contribution is 5.77. The quantitative estimate of drug-likeness (QED) is 0.674. The molecule has 0 saturated carbocycles. The Morgan fingerprint density at radius 2 is 1.86 bits per heavy atom. The number of benzene rings is 1. The summed E-state index contributed by atoms with van der Waals surface area (Å²) < 4.78 is 2.07. The van der Waals surface area contributed by atoms with Gasteiger partial charge < -0.3 is 4.90 Å². The van der Waals surface area contributed by atoms with Crippen LogP contribution in [0, 0.1) is 31.1 Å². The molecular weight excluding hydrogens is 348 g/mol. The largest absolute Gasteiger partial charge is 0.336 e. The molecule has 0 spiro atoms. The van der Waals surface area contributed by atoms with E-state index < -0.39 is 0 Å². The summed E-state index contributed by atoms with van der Waals surface area (Å²) in [5, 5.41) is 13.6. The zero-order valence-electron chi connectivity index (χ0n) is 18.0. The van der Waals surface area contributed by atoms with Crippen LogP contribution in [0.15, 0.2) is 24.3 Å². The number of nitriles is 1. The van der Waals surface area contributed by atoms with Crippen LogP contribution in [-0.4, -0.2) is 27.1 Å². The van der Waals surface area contributed by atoms with E-state index in [0.29, 0.717) is 30.9 Å². The zero-order valence-corrected chi connectivity index (χ0v) is 18.0. The maximum Gasteiger partial charge on any atom is 0.223 e. The van der Waals surface area contributed by atoms with Gasteiger partial charge in [0, 0.05) is 25.2 Å². The van der Waals surface area contributed by atoms with Crippen molar-refractivity contribution in [3.63, 3.8) is 0 Å². The van der Waals surface area contributed by atoms with Crippen molar-refractivity contribution in [1.29, 1.82) is 5.26 Å². The lowest BCUT2D eigenvalue weighted by Crippen LogP contribution is -2.33. The van der Waals surface area contributed by atoms with Gasteiger partial charge in [-0.05, 0) is 63.3 Å². The SMILES string of the molecule is CCN(C(=O)CCc1c(C)nn(CC(C)C)c1C)C(C)c1ccc(C#N)cc1. The molecule has 0 aliphatic rings. The van der Waals surface area contributed by atoms with Gasteiger partial charge in [-0.15, -0.1) is 0 Å². The molecule has 1 heterocycles. The second kappa shape index (κ2) is 9.54. The molecule has 2 rings (SSSR count). The Hall–Kier alpha value is -2.61. The summed E-state index contributed by atoms with van der Waals surface area (Å²) in [6, 6.07) is 9.59. The van der Waals surface area contributed by atoms with E-state index in [9.17, 15) is 4.79 Å². The van der Waals surface area contributed by atoms with Crippen molar-refractivity contribution < 1.29 is 4.79 Å². The molecule has 0 aliphatic carbocycles. The van der Waals surface area contributed by atoms with Gasteiger partial charge >= 0.3 is 0 Å². The highest BCUT2D eigenvalue weighted by Gasteiger charge is 2.21. The second-order valence-electron chi connectivity index (χ2n) is 7.81. The van der Waals surface area contributed by atoms with E-state index in [2.05, 4.69) is 36.6 Å². The molecule has 150 valence electrons. The number of nitrogens with zero attached hydrogens (tertiary/aromatic N) is 4. The van der Waals surface area contributed by atoms with E-state index in [0.717, 1.165) is 17.8 Å². The first-order valence-corrected chi connectivity index (χ1v) is 10.1. The molecule has 0 saturated heterocycles. The number of carbonyl (C=O) groups is 1. The smallest absolute Gasteiger partial charge is 0.223 e. The van der Waals surface area contributed by atoms with Crippen molar-refractivity contribution in [3.8, 4) is 6.07 Å². The Labute approximate surface area is 169 Å². The summed E-state index contributed by atoms with van der Waals surface area (Å²) in [4.78, 5) is 14.8. The molecule has 0 bridgehead atoms. The highest BCUT2D eigenvalue weighted by atomic mass is 16.2. The standard InChI is InChI=1S/C23H32N4O/c1-7-26(18(5)21-10-8-20(14-24)9-11-21)23(28)13-12-22-17(4)25-27(19(22)6)15-16(2)3/h8-11,16,18H,7,12-13,15H2,1-6H3. The van der Waals surface area contributed by atoms with Gasteiger partial charge in [0.25, 0.3) is 0 Å². The normalized spacial score (nSPS) is 12.1. The summed E-state index contributed by atoms with van der Waals surface area (Å²) in [6.07, 6.45) is 1.19. The van der Waals surface area contributed by atoms with Gasteiger partial charge in [-0.25, -0.2) is 0 Å². The molecule has 1 amide bonds. The van der Waals surface area contributed by atoms with E-state index in [4.69, 9.17) is 5.26 Å². The molecule has 5 heteroatoms. The first kappa shape index (κ1) is 21.7. The number of aromatic nitrogens is 2. The Morgan fingerprint density at radius 1 is 1.21 bits per heavy atom. The Kier molecular flexibility index (Phi) is 7.39. The van der Waals surface area contributed by atoms with Crippen LogP contribution < -0.4 is 0 Å². The molecule has 1 unspecified atom stereocenters. The van der Waals surface area contributed by atoms with E-state index >= 15 is 0 Å². The topological polar surface area (TPSA) is 61.9 Å². The minimum absolute atomic E-state index is 0.0175. The third kappa shape index (κ3) is 5.01. The van der Waals surface area contributed by atoms with Gasteiger partial charge in [0.1, 0.15) is 0 Å². The second-order valence-corrected chi connectivity index (χ2v) is 7.81. The average molecular weight is 381 g/mol. The monoisotopic (exact) mass is 380 g/mol. The molecule has 0 aliphatic heterocycles. The van der Waals surface area contributed by atoms with E-state index in [-0.39, 0.29) is 11.9 Å². The molecular formula is C23H32N4O. The molecule has 0 fully saturated rings. The summed E-state index contributed by atoms with van der Waals surface area (Å²) in [6.45, 7) is 14.1. The van der Waals surface area contributed by atoms with Crippen LogP contribution in [0.5, 0.6) is 0 Å². The Bertz CT molecular complexity index is 843. The average Bonchev–Trinajstić information content (AvgIpc) is 2.93. The lowest BCUT2D eigenvalue weighted by molar-refractivity contribution is -0.133. The molecule has 2 aromatic rings. The lowest BCUT2D eigenvalue weighted by atomic mass is 10.0. The fourth-order valence-electron chi connectivity index (χ4n) is 3.68. The number of amides is 1. The summed E-state index contributed by atoms with van der Waals surface area (Å²) in [5.41, 5.74) is 5.06. The Balaban J connectivity index is 2.08. The molecule has 28 heavy (non-hydrogen) atoms. The van der Waals surface area contributed by atoms with Crippen LogP contribution in [0.25, 0.3) is 0 Å². The van der Waals surface area contributed by atoms with Gasteiger partial charge in [-0.2, -0.15) is 10.4 Å².